The molecule has 2 aromatic heterocycles. The number of aromatic nitrogens is 2. The van der Waals surface area contributed by atoms with Gasteiger partial charge in [0.1, 0.15) is 5.65 Å². The molecule has 0 spiro atoms. The summed E-state index contributed by atoms with van der Waals surface area (Å²) in [5, 5.41) is 0.954. The van der Waals surface area contributed by atoms with E-state index in [1.54, 1.807) is 19.2 Å². The van der Waals surface area contributed by atoms with Gasteiger partial charge in [0.05, 0.1) is 0 Å². The van der Waals surface area contributed by atoms with E-state index in [1.807, 2.05) is 36.5 Å². The summed E-state index contributed by atoms with van der Waals surface area (Å²) in [7, 11) is 0. The largest absolute Gasteiger partial charge is 0.346 e. The zero-order valence-electron chi connectivity index (χ0n) is 13.0. The molecule has 0 aliphatic heterocycles. The monoisotopic (exact) mass is 304 g/mol. The molecule has 0 radical (unpaired) electrons. The third-order valence-corrected chi connectivity index (χ3v) is 3.69. The summed E-state index contributed by atoms with van der Waals surface area (Å²) < 4.78 is 0. The van der Waals surface area contributed by atoms with E-state index >= 15 is 0 Å². The average Bonchev–Trinajstić information content (AvgIpc) is 2.95. The number of pyridine rings is 1. The molecule has 0 fully saturated rings. The van der Waals surface area contributed by atoms with Gasteiger partial charge in [-0.25, -0.2) is 4.98 Å². The van der Waals surface area contributed by atoms with Gasteiger partial charge < -0.3 is 4.98 Å². The van der Waals surface area contributed by atoms with Crippen molar-refractivity contribution in [3.8, 4) is 11.1 Å². The van der Waals surface area contributed by atoms with Gasteiger partial charge in [0.25, 0.3) is 0 Å². The minimum Gasteiger partial charge on any atom is -0.346 e. The van der Waals surface area contributed by atoms with Crippen LogP contribution in [0.1, 0.15) is 29.8 Å². The molecule has 0 aliphatic rings. The van der Waals surface area contributed by atoms with Gasteiger partial charge in [0, 0.05) is 34.5 Å². The molecule has 23 heavy (non-hydrogen) atoms. The molecule has 2 heterocycles. The second-order valence-corrected chi connectivity index (χ2v) is 5.44. The Bertz CT molecular complexity index is 918. The molecule has 0 unspecified atom stereocenters. The van der Waals surface area contributed by atoms with Crippen molar-refractivity contribution in [1.29, 1.82) is 0 Å². The molecule has 4 nitrogen and oxygen atoms in total. The van der Waals surface area contributed by atoms with Gasteiger partial charge in [0.15, 0.2) is 11.6 Å². The maximum atomic E-state index is 11.4. The first-order valence-electron chi connectivity index (χ1n) is 7.32. The van der Waals surface area contributed by atoms with Gasteiger partial charge in [-0.1, -0.05) is 24.3 Å². The summed E-state index contributed by atoms with van der Waals surface area (Å²) in [5.74, 6) is 0.0516. The molecule has 1 aromatic carbocycles. The van der Waals surface area contributed by atoms with Crippen LogP contribution in [-0.2, 0) is 4.79 Å². The van der Waals surface area contributed by atoms with E-state index < -0.39 is 0 Å². The standard InChI is InChI=1S/C19H16N2O2/c1-12(22)3-4-16-10-20-19-18(16)9-17(11-21-19)15-7-5-14(6-8-15)13(2)23/h3-11H,1-2H3,(H,20,21)/b4-3+. The van der Waals surface area contributed by atoms with Crippen LogP contribution in [0.15, 0.2) is 48.8 Å². The van der Waals surface area contributed by atoms with Crippen LogP contribution >= 0.6 is 0 Å². The third-order valence-electron chi connectivity index (χ3n) is 3.69. The number of fused-ring (bicyclic) bond motifs is 1. The SMILES string of the molecule is CC(=O)/C=C/c1c[nH]c2ncc(-c3ccc(C(C)=O)cc3)cc12. The lowest BCUT2D eigenvalue weighted by atomic mass is 10.0. The van der Waals surface area contributed by atoms with Gasteiger partial charge in [-0.2, -0.15) is 0 Å². The Kier molecular flexibility index (Phi) is 3.89. The Balaban J connectivity index is 2.03. The summed E-state index contributed by atoms with van der Waals surface area (Å²) in [6.07, 6.45) is 6.95. The molecular formula is C19H16N2O2. The van der Waals surface area contributed by atoms with Crippen LogP contribution < -0.4 is 0 Å². The van der Waals surface area contributed by atoms with Crippen molar-refractivity contribution >= 4 is 28.7 Å². The number of H-pyrrole nitrogens is 1. The van der Waals surface area contributed by atoms with Crippen LogP contribution in [-0.4, -0.2) is 21.5 Å². The molecule has 114 valence electrons. The maximum Gasteiger partial charge on any atom is 0.159 e. The second kappa shape index (κ2) is 6.01. The van der Waals surface area contributed by atoms with E-state index in [0.29, 0.717) is 5.56 Å². The Morgan fingerprint density at radius 2 is 1.83 bits per heavy atom. The van der Waals surface area contributed by atoms with Crippen molar-refractivity contribution in [2.75, 3.05) is 0 Å². The van der Waals surface area contributed by atoms with Crippen molar-refractivity contribution < 1.29 is 9.59 Å². The molecule has 1 N–H and O–H groups in total. The fourth-order valence-corrected chi connectivity index (χ4v) is 2.42. The van der Waals surface area contributed by atoms with Crippen molar-refractivity contribution in [2.45, 2.75) is 13.8 Å². The summed E-state index contributed by atoms with van der Waals surface area (Å²) >= 11 is 0. The van der Waals surface area contributed by atoms with E-state index in [4.69, 9.17) is 0 Å². The van der Waals surface area contributed by atoms with E-state index in [1.165, 1.54) is 13.0 Å². The quantitative estimate of drug-likeness (QED) is 0.584. The van der Waals surface area contributed by atoms with E-state index in [-0.39, 0.29) is 11.6 Å². The number of carbonyl (C=O) groups excluding carboxylic acids is 2. The summed E-state index contributed by atoms with van der Waals surface area (Å²) in [5.41, 5.74) is 4.34. The first-order chi connectivity index (χ1) is 11.0. The molecule has 0 amide bonds. The lowest BCUT2D eigenvalue weighted by Gasteiger charge is -2.03. The number of hydrogen-bond donors (Lipinski definition) is 1. The second-order valence-electron chi connectivity index (χ2n) is 5.44. The average molecular weight is 304 g/mol. The number of Topliss-reactive ketones (excluding diaryl/α,β-unsaturated/α-hetero) is 1. The molecule has 4 heteroatoms. The smallest absolute Gasteiger partial charge is 0.159 e. The first kappa shape index (κ1) is 14.9. The lowest BCUT2D eigenvalue weighted by Crippen LogP contribution is -1.91. The maximum absolute atomic E-state index is 11.4. The van der Waals surface area contributed by atoms with Gasteiger partial charge >= 0.3 is 0 Å². The summed E-state index contributed by atoms with van der Waals surface area (Å²) in [6.45, 7) is 3.07. The highest BCUT2D eigenvalue weighted by Crippen LogP contribution is 2.25. The molecule has 3 aromatic rings. The molecule has 0 saturated heterocycles. The lowest BCUT2D eigenvalue weighted by molar-refractivity contribution is -0.112. The van der Waals surface area contributed by atoms with Crippen molar-refractivity contribution in [2.24, 2.45) is 0 Å². The highest BCUT2D eigenvalue weighted by Gasteiger charge is 2.06. The molecule has 0 aliphatic carbocycles. The summed E-state index contributed by atoms with van der Waals surface area (Å²) in [6, 6.07) is 9.49. The molecular weight excluding hydrogens is 288 g/mol. The number of nitrogens with one attached hydrogen (secondary N) is 1. The van der Waals surface area contributed by atoms with E-state index in [9.17, 15) is 9.59 Å². The Labute approximate surface area is 133 Å². The minimum atomic E-state index is 0.00304. The van der Waals surface area contributed by atoms with Crippen molar-refractivity contribution in [1.82, 2.24) is 9.97 Å². The Hall–Kier alpha value is -3.01. The van der Waals surface area contributed by atoms with Crippen LogP contribution in [0.3, 0.4) is 0 Å². The first-order valence-corrected chi connectivity index (χ1v) is 7.32. The van der Waals surface area contributed by atoms with Crippen LogP contribution in [0.5, 0.6) is 0 Å². The molecule has 0 bridgehead atoms. The van der Waals surface area contributed by atoms with Gasteiger partial charge in [-0.3, -0.25) is 9.59 Å². The third kappa shape index (κ3) is 3.11. The fourth-order valence-electron chi connectivity index (χ4n) is 2.42. The number of rotatable bonds is 4. The number of carbonyl (C=O) groups is 2. The van der Waals surface area contributed by atoms with Gasteiger partial charge in [-0.15, -0.1) is 0 Å². The number of aromatic amines is 1. The zero-order chi connectivity index (χ0) is 16.4. The predicted octanol–water partition coefficient (Wildman–Crippen LogP) is 4.03. The van der Waals surface area contributed by atoms with E-state index in [2.05, 4.69) is 9.97 Å². The van der Waals surface area contributed by atoms with Gasteiger partial charge in [0.2, 0.25) is 0 Å². The van der Waals surface area contributed by atoms with Crippen LogP contribution in [0, 0.1) is 0 Å². The molecule has 3 rings (SSSR count). The topological polar surface area (TPSA) is 62.8 Å². The minimum absolute atomic E-state index is 0.00304. The fraction of sp³-hybridized carbons (Fsp3) is 0.105. The van der Waals surface area contributed by atoms with Crippen LogP contribution in [0.4, 0.5) is 0 Å². The Morgan fingerprint density at radius 1 is 1.09 bits per heavy atom. The number of ketones is 2. The van der Waals surface area contributed by atoms with Gasteiger partial charge in [-0.05, 0) is 37.6 Å². The van der Waals surface area contributed by atoms with E-state index in [0.717, 1.165) is 27.7 Å². The van der Waals surface area contributed by atoms with Crippen LogP contribution in [0.25, 0.3) is 28.2 Å². The molecule has 0 saturated carbocycles. The van der Waals surface area contributed by atoms with Crippen molar-refractivity contribution in [3.05, 3.63) is 59.9 Å². The highest BCUT2D eigenvalue weighted by atomic mass is 16.1. The summed E-state index contributed by atoms with van der Waals surface area (Å²) in [4.78, 5) is 30.0. The zero-order valence-corrected chi connectivity index (χ0v) is 13.0. The van der Waals surface area contributed by atoms with Crippen molar-refractivity contribution in [3.63, 3.8) is 0 Å². The normalized spacial score (nSPS) is 11.2. The number of hydrogen-bond acceptors (Lipinski definition) is 3. The number of allylic oxidation sites excluding steroid dienone is 1. The number of nitrogens with zero attached hydrogens (tertiary/aromatic N) is 1. The molecule has 0 atom stereocenters. The predicted molar refractivity (Wildman–Crippen MR) is 91.2 cm³/mol. The van der Waals surface area contributed by atoms with Crippen LogP contribution in [0.2, 0.25) is 0 Å². The Morgan fingerprint density at radius 3 is 2.48 bits per heavy atom. The number of benzene rings is 1. The highest BCUT2D eigenvalue weighted by molar-refractivity contribution is 5.97.